The molecule has 0 unspecified atom stereocenters. The fraction of sp³-hybridized carbons (Fsp3) is 0.400. The van der Waals surface area contributed by atoms with Gasteiger partial charge >= 0.3 is 0 Å². The van der Waals surface area contributed by atoms with Crippen LogP contribution in [0.2, 0.25) is 0 Å². The summed E-state index contributed by atoms with van der Waals surface area (Å²) >= 11 is 0. The van der Waals surface area contributed by atoms with Gasteiger partial charge in [-0.3, -0.25) is 4.90 Å². The highest BCUT2D eigenvalue weighted by Crippen LogP contribution is 2.20. The molecule has 1 aliphatic heterocycles. The van der Waals surface area contributed by atoms with E-state index in [-0.39, 0.29) is 5.82 Å². The predicted octanol–water partition coefficient (Wildman–Crippen LogP) is 3.97. The first-order valence-corrected chi connectivity index (χ1v) is 8.81. The molecule has 1 saturated heterocycles. The van der Waals surface area contributed by atoms with E-state index in [1.54, 1.807) is 6.07 Å². The third-order valence-corrected chi connectivity index (χ3v) is 4.59. The molecule has 0 radical (unpaired) electrons. The van der Waals surface area contributed by atoms with Crippen LogP contribution in [-0.2, 0) is 6.54 Å². The Labute approximate surface area is 144 Å². The number of piperazine rings is 1. The maximum Gasteiger partial charge on any atom is 0.128 e. The predicted molar refractivity (Wildman–Crippen MR) is 99.1 cm³/mol. The van der Waals surface area contributed by atoms with Crippen molar-refractivity contribution in [2.75, 3.05) is 42.9 Å². The van der Waals surface area contributed by atoms with Crippen molar-refractivity contribution < 1.29 is 4.39 Å². The first-order valence-electron chi connectivity index (χ1n) is 8.81. The van der Waals surface area contributed by atoms with Crippen LogP contribution in [0.5, 0.6) is 0 Å². The fourth-order valence-electron chi connectivity index (χ4n) is 3.18. The Morgan fingerprint density at radius 2 is 1.67 bits per heavy atom. The molecular weight excluding hydrogens is 301 g/mol. The SMILES string of the molecule is CCCN1CCN(c2ccc(NCc3ccccc3F)cc2)CC1. The van der Waals surface area contributed by atoms with Gasteiger partial charge in [-0.1, -0.05) is 25.1 Å². The van der Waals surface area contributed by atoms with E-state index >= 15 is 0 Å². The zero-order valence-electron chi connectivity index (χ0n) is 14.3. The number of rotatable bonds is 6. The van der Waals surface area contributed by atoms with Crippen LogP contribution in [0.25, 0.3) is 0 Å². The van der Waals surface area contributed by atoms with Crippen molar-refractivity contribution in [2.45, 2.75) is 19.9 Å². The van der Waals surface area contributed by atoms with Gasteiger partial charge in [0, 0.05) is 49.7 Å². The molecule has 0 saturated carbocycles. The number of hydrogen-bond donors (Lipinski definition) is 1. The van der Waals surface area contributed by atoms with Gasteiger partial charge in [0.2, 0.25) is 0 Å². The van der Waals surface area contributed by atoms with Gasteiger partial charge in [0.05, 0.1) is 0 Å². The molecule has 0 atom stereocenters. The Bertz CT molecular complexity index is 634. The van der Waals surface area contributed by atoms with Gasteiger partial charge in [-0.2, -0.15) is 0 Å². The minimum atomic E-state index is -0.161. The van der Waals surface area contributed by atoms with Gasteiger partial charge in [0.25, 0.3) is 0 Å². The van der Waals surface area contributed by atoms with E-state index in [1.807, 2.05) is 12.1 Å². The van der Waals surface area contributed by atoms with Crippen LogP contribution < -0.4 is 10.2 Å². The average molecular weight is 327 g/mol. The number of nitrogens with one attached hydrogen (secondary N) is 1. The lowest BCUT2D eigenvalue weighted by Crippen LogP contribution is -2.46. The van der Waals surface area contributed by atoms with E-state index in [2.05, 4.69) is 46.3 Å². The van der Waals surface area contributed by atoms with Crippen molar-refractivity contribution in [3.05, 3.63) is 59.9 Å². The van der Waals surface area contributed by atoms with E-state index in [0.717, 1.165) is 31.9 Å². The molecule has 0 aliphatic carbocycles. The largest absolute Gasteiger partial charge is 0.381 e. The van der Waals surface area contributed by atoms with Gasteiger partial charge in [-0.25, -0.2) is 4.39 Å². The quantitative estimate of drug-likeness (QED) is 0.866. The van der Waals surface area contributed by atoms with E-state index in [1.165, 1.54) is 24.7 Å². The highest BCUT2D eigenvalue weighted by Gasteiger charge is 2.16. The molecule has 0 aromatic heterocycles. The molecule has 1 N–H and O–H groups in total. The summed E-state index contributed by atoms with van der Waals surface area (Å²) in [6.45, 7) is 8.39. The summed E-state index contributed by atoms with van der Waals surface area (Å²) in [4.78, 5) is 4.97. The number of hydrogen-bond acceptors (Lipinski definition) is 3. The van der Waals surface area contributed by atoms with Crippen molar-refractivity contribution in [3.8, 4) is 0 Å². The summed E-state index contributed by atoms with van der Waals surface area (Å²) in [7, 11) is 0. The molecule has 1 aliphatic rings. The van der Waals surface area contributed by atoms with Crippen LogP contribution >= 0.6 is 0 Å². The Morgan fingerprint density at radius 3 is 2.33 bits per heavy atom. The third-order valence-electron chi connectivity index (χ3n) is 4.59. The van der Waals surface area contributed by atoms with Crippen LogP contribution in [0.15, 0.2) is 48.5 Å². The third kappa shape index (κ3) is 4.26. The zero-order chi connectivity index (χ0) is 16.8. The summed E-state index contributed by atoms with van der Waals surface area (Å²) in [5.41, 5.74) is 2.97. The molecule has 1 fully saturated rings. The van der Waals surface area contributed by atoms with Crippen molar-refractivity contribution >= 4 is 11.4 Å². The topological polar surface area (TPSA) is 18.5 Å². The number of nitrogens with zero attached hydrogens (tertiary/aromatic N) is 2. The normalized spacial score (nSPS) is 15.5. The lowest BCUT2D eigenvalue weighted by atomic mass is 10.2. The molecule has 0 amide bonds. The molecule has 0 spiro atoms. The molecular formula is C20H26FN3. The van der Waals surface area contributed by atoms with Gasteiger partial charge in [0.1, 0.15) is 5.82 Å². The summed E-state index contributed by atoms with van der Waals surface area (Å²) < 4.78 is 13.6. The Balaban J connectivity index is 1.53. The minimum absolute atomic E-state index is 0.161. The van der Waals surface area contributed by atoms with Crippen molar-refractivity contribution in [3.63, 3.8) is 0 Å². The van der Waals surface area contributed by atoms with E-state index in [0.29, 0.717) is 12.1 Å². The monoisotopic (exact) mass is 327 g/mol. The second-order valence-corrected chi connectivity index (χ2v) is 6.32. The van der Waals surface area contributed by atoms with E-state index < -0.39 is 0 Å². The highest BCUT2D eigenvalue weighted by molar-refractivity contribution is 5.55. The highest BCUT2D eigenvalue weighted by atomic mass is 19.1. The standard InChI is InChI=1S/C20H26FN3/c1-2-11-23-12-14-24(15-13-23)19-9-7-18(8-10-19)22-16-17-5-3-4-6-20(17)21/h3-10,22H,2,11-16H2,1H3. The van der Waals surface area contributed by atoms with Crippen LogP contribution in [0.1, 0.15) is 18.9 Å². The Morgan fingerprint density at radius 1 is 0.958 bits per heavy atom. The smallest absolute Gasteiger partial charge is 0.128 e. The van der Waals surface area contributed by atoms with Crippen LogP contribution in [0, 0.1) is 5.82 Å². The van der Waals surface area contributed by atoms with Crippen LogP contribution in [0.3, 0.4) is 0 Å². The zero-order valence-corrected chi connectivity index (χ0v) is 14.3. The molecule has 3 rings (SSSR count). The molecule has 0 bridgehead atoms. The van der Waals surface area contributed by atoms with E-state index in [4.69, 9.17) is 0 Å². The van der Waals surface area contributed by atoms with Crippen LogP contribution in [0.4, 0.5) is 15.8 Å². The lowest BCUT2D eigenvalue weighted by Gasteiger charge is -2.36. The molecule has 4 heteroatoms. The summed E-state index contributed by atoms with van der Waals surface area (Å²) in [6, 6.07) is 15.3. The van der Waals surface area contributed by atoms with Gasteiger partial charge in [0.15, 0.2) is 0 Å². The van der Waals surface area contributed by atoms with Gasteiger partial charge < -0.3 is 10.2 Å². The molecule has 1 heterocycles. The van der Waals surface area contributed by atoms with Crippen molar-refractivity contribution in [2.24, 2.45) is 0 Å². The Hall–Kier alpha value is -2.07. The molecule has 2 aromatic carbocycles. The summed E-state index contributed by atoms with van der Waals surface area (Å²) in [5, 5.41) is 3.29. The number of anilines is 2. The molecule has 24 heavy (non-hydrogen) atoms. The average Bonchev–Trinajstić information content (AvgIpc) is 2.63. The fourth-order valence-corrected chi connectivity index (χ4v) is 3.18. The Kier molecular flexibility index (Phi) is 5.70. The van der Waals surface area contributed by atoms with Crippen molar-refractivity contribution in [1.29, 1.82) is 0 Å². The summed E-state index contributed by atoms with van der Waals surface area (Å²) in [5.74, 6) is -0.161. The van der Waals surface area contributed by atoms with Gasteiger partial charge in [-0.05, 0) is 43.3 Å². The second kappa shape index (κ2) is 8.15. The first kappa shape index (κ1) is 16.8. The maximum atomic E-state index is 13.6. The maximum absolute atomic E-state index is 13.6. The molecule has 2 aromatic rings. The van der Waals surface area contributed by atoms with E-state index in [9.17, 15) is 4.39 Å². The number of benzene rings is 2. The number of halogens is 1. The summed E-state index contributed by atoms with van der Waals surface area (Å²) in [6.07, 6.45) is 1.22. The minimum Gasteiger partial charge on any atom is -0.381 e. The second-order valence-electron chi connectivity index (χ2n) is 6.32. The van der Waals surface area contributed by atoms with Crippen molar-refractivity contribution in [1.82, 2.24) is 4.90 Å². The van der Waals surface area contributed by atoms with Gasteiger partial charge in [-0.15, -0.1) is 0 Å². The van der Waals surface area contributed by atoms with Crippen LogP contribution in [-0.4, -0.2) is 37.6 Å². The lowest BCUT2D eigenvalue weighted by molar-refractivity contribution is 0.258. The molecule has 3 nitrogen and oxygen atoms in total. The molecule has 128 valence electrons. The first-order chi connectivity index (χ1) is 11.8.